The van der Waals surface area contributed by atoms with Gasteiger partial charge in [-0.05, 0) is 12.2 Å². The monoisotopic (exact) mass is 229 g/mol. The lowest BCUT2D eigenvalue weighted by molar-refractivity contribution is -0.131. The molecule has 0 saturated carbocycles. The third kappa shape index (κ3) is 2.65. The number of amides is 1. The van der Waals surface area contributed by atoms with Crippen molar-refractivity contribution in [2.24, 2.45) is 5.73 Å². The third-order valence-corrected chi connectivity index (χ3v) is 4.41. The van der Waals surface area contributed by atoms with Gasteiger partial charge in [-0.3, -0.25) is 9.69 Å². The summed E-state index contributed by atoms with van der Waals surface area (Å²) < 4.78 is 0. The van der Waals surface area contributed by atoms with Gasteiger partial charge in [-0.1, -0.05) is 0 Å². The summed E-state index contributed by atoms with van der Waals surface area (Å²) in [6.07, 6.45) is 1.31. The molecule has 0 aromatic rings. The molecule has 0 spiro atoms. The second-order valence-electron chi connectivity index (χ2n) is 4.14. The zero-order valence-electron chi connectivity index (χ0n) is 9.02. The summed E-state index contributed by atoms with van der Waals surface area (Å²) in [6, 6.07) is 0.755. The van der Waals surface area contributed by atoms with Crippen molar-refractivity contribution < 1.29 is 4.79 Å². The van der Waals surface area contributed by atoms with Crippen LogP contribution in [0.5, 0.6) is 0 Å². The van der Waals surface area contributed by atoms with Crippen molar-refractivity contribution in [1.82, 2.24) is 9.80 Å². The standard InChI is InChI=1S/C10H19N3OS/c11-7-10(14)13-4-2-12(3-5-13)9-1-6-15-8-9/h9H,1-8,11H2/t9-/m0/s1. The minimum Gasteiger partial charge on any atom is -0.339 e. The van der Waals surface area contributed by atoms with Crippen LogP contribution in [0.1, 0.15) is 6.42 Å². The Morgan fingerprint density at radius 2 is 2.07 bits per heavy atom. The molecule has 4 nitrogen and oxygen atoms in total. The molecule has 0 radical (unpaired) electrons. The van der Waals surface area contributed by atoms with E-state index in [4.69, 9.17) is 5.73 Å². The molecule has 2 heterocycles. The molecule has 2 aliphatic heterocycles. The van der Waals surface area contributed by atoms with E-state index in [1.165, 1.54) is 17.9 Å². The minimum atomic E-state index is 0.0930. The summed E-state index contributed by atoms with van der Waals surface area (Å²) in [5, 5.41) is 0. The molecule has 2 rings (SSSR count). The highest BCUT2D eigenvalue weighted by Crippen LogP contribution is 2.23. The van der Waals surface area contributed by atoms with Crippen LogP contribution in [0.2, 0.25) is 0 Å². The Morgan fingerprint density at radius 3 is 2.60 bits per heavy atom. The maximum Gasteiger partial charge on any atom is 0.236 e. The molecule has 2 saturated heterocycles. The van der Waals surface area contributed by atoms with Gasteiger partial charge in [0.15, 0.2) is 0 Å². The summed E-state index contributed by atoms with van der Waals surface area (Å²) in [5.41, 5.74) is 5.35. The van der Waals surface area contributed by atoms with Gasteiger partial charge in [-0.15, -0.1) is 0 Å². The van der Waals surface area contributed by atoms with Crippen molar-refractivity contribution in [3.8, 4) is 0 Å². The average Bonchev–Trinajstić information content (AvgIpc) is 2.82. The van der Waals surface area contributed by atoms with Crippen molar-refractivity contribution in [2.45, 2.75) is 12.5 Å². The van der Waals surface area contributed by atoms with Gasteiger partial charge in [0.2, 0.25) is 5.91 Å². The van der Waals surface area contributed by atoms with Crippen LogP contribution in [-0.2, 0) is 4.79 Å². The number of hydrogen-bond acceptors (Lipinski definition) is 4. The smallest absolute Gasteiger partial charge is 0.236 e. The van der Waals surface area contributed by atoms with Gasteiger partial charge < -0.3 is 10.6 Å². The van der Waals surface area contributed by atoms with Crippen LogP contribution >= 0.6 is 11.8 Å². The fraction of sp³-hybridized carbons (Fsp3) is 0.900. The highest BCUT2D eigenvalue weighted by atomic mass is 32.2. The van der Waals surface area contributed by atoms with Crippen LogP contribution in [0.3, 0.4) is 0 Å². The van der Waals surface area contributed by atoms with E-state index in [-0.39, 0.29) is 12.5 Å². The summed E-state index contributed by atoms with van der Waals surface area (Å²) in [5.74, 6) is 2.66. The molecule has 5 heteroatoms. The Morgan fingerprint density at radius 1 is 1.33 bits per heavy atom. The number of nitrogens with two attached hydrogens (primary N) is 1. The molecule has 0 unspecified atom stereocenters. The predicted molar refractivity (Wildman–Crippen MR) is 62.9 cm³/mol. The highest BCUT2D eigenvalue weighted by molar-refractivity contribution is 7.99. The van der Waals surface area contributed by atoms with E-state index in [0.717, 1.165) is 32.2 Å². The molecule has 2 N–H and O–H groups in total. The SMILES string of the molecule is NCC(=O)N1CCN([C@H]2CCSC2)CC1. The third-order valence-electron chi connectivity index (χ3n) is 3.26. The van der Waals surface area contributed by atoms with Crippen LogP contribution in [-0.4, -0.2) is 66.0 Å². The number of thioether (sulfide) groups is 1. The van der Waals surface area contributed by atoms with Crippen molar-refractivity contribution in [1.29, 1.82) is 0 Å². The molecule has 0 bridgehead atoms. The van der Waals surface area contributed by atoms with Crippen molar-refractivity contribution in [3.05, 3.63) is 0 Å². The molecular weight excluding hydrogens is 210 g/mol. The highest BCUT2D eigenvalue weighted by Gasteiger charge is 2.27. The fourth-order valence-corrected chi connectivity index (χ4v) is 3.53. The lowest BCUT2D eigenvalue weighted by Gasteiger charge is -2.37. The van der Waals surface area contributed by atoms with Crippen LogP contribution in [0, 0.1) is 0 Å². The first-order chi connectivity index (χ1) is 7.31. The predicted octanol–water partition coefficient (Wildman–Crippen LogP) is -0.405. The van der Waals surface area contributed by atoms with E-state index in [9.17, 15) is 4.79 Å². The Hall–Kier alpha value is -0.260. The fourth-order valence-electron chi connectivity index (χ4n) is 2.28. The summed E-state index contributed by atoms with van der Waals surface area (Å²) >= 11 is 2.05. The van der Waals surface area contributed by atoms with E-state index in [2.05, 4.69) is 4.90 Å². The number of nitrogens with zero attached hydrogens (tertiary/aromatic N) is 2. The molecule has 1 atom stereocenters. The lowest BCUT2D eigenvalue weighted by Crippen LogP contribution is -2.53. The molecule has 0 aromatic carbocycles. The second-order valence-corrected chi connectivity index (χ2v) is 5.29. The Kier molecular flexibility index (Phi) is 3.88. The first-order valence-electron chi connectivity index (χ1n) is 5.61. The number of piperazine rings is 1. The zero-order valence-corrected chi connectivity index (χ0v) is 9.84. The summed E-state index contributed by atoms with van der Waals surface area (Å²) in [4.78, 5) is 15.8. The summed E-state index contributed by atoms with van der Waals surface area (Å²) in [6.45, 7) is 3.92. The quantitative estimate of drug-likeness (QED) is 0.700. The number of rotatable bonds is 2. The van der Waals surface area contributed by atoms with E-state index in [1.807, 2.05) is 16.7 Å². The minimum absolute atomic E-state index is 0.0930. The van der Waals surface area contributed by atoms with Gasteiger partial charge in [0, 0.05) is 38.0 Å². The molecule has 0 aliphatic carbocycles. The Bertz CT molecular complexity index is 223. The number of carbonyl (C=O) groups is 1. The van der Waals surface area contributed by atoms with Gasteiger partial charge in [-0.25, -0.2) is 0 Å². The van der Waals surface area contributed by atoms with Crippen molar-refractivity contribution in [3.63, 3.8) is 0 Å². The first-order valence-corrected chi connectivity index (χ1v) is 6.76. The molecule has 86 valence electrons. The van der Waals surface area contributed by atoms with Gasteiger partial charge >= 0.3 is 0 Å². The molecule has 0 aromatic heterocycles. The number of hydrogen-bond donors (Lipinski definition) is 1. The van der Waals surface area contributed by atoms with Crippen LogP contribution in [0.25, 0.3) is 0 Å². The molecule has 1 amide bonds. The van der Waals surface area contributed by atoms with E-state index in [0.29, 0.717) is 0 Å². The normalized spacial score (nSPS) is 28.3. The Balaban J connectivity index is 1.78. The second kappa shape index (κ2) is 5.18. The zero-order chi connectivity index (χ0) is 10.7. The molecule has 2 fully saturated rings. The average molecular weight is 229 g/mol. The topological polar surface area (TPSA) is 49.6 Å². The van der Waals surface area contributed by atoms with Crippen LogP contribution in [0.15, 0.2) is 0 Å². The van der Waals surface area contributed by atoms with Crippen molar-refractivity contribution >= 4 is 17.7 Å². The van der Waals surface area contributed by atoms with Crippen LogP contribution < -0.4 is 5.73 Å². The maximum atomic E-state index is 11.4. The van der Waals surface area contributed by atoms with E-state index >= 15 is 0 Å². The van der Waals surface area contributed by atoms with E-state index in [1.54, 1.807) is 0 Å². The molecule has 15 heavy (non-hydrogen) atoms. The maximum absolute atomic E-state index is 11.4. The molecule has 2 aliphatic rings. The number of carbonyl (C=O) groups excluding carboxylic acids is 1. The van der Waals surface area contributed by atoms with Gasteiger partial charge in [0.05, 0.1) is 6.54 Å². The van der Waals surface area contributed by atoms with Gasteiger partial charge in [0.25, 0.3) is 0 Å². The van der Waals surface area contributed by atoms with Gasteiger partial charge in [-0.2, -0.15) is 11.8 Å². The lowest BCUT2D eigenvalue weighted by atomic mass is 10.2. The summed E-state index contributed by atoms with van der Waals surface area (Å²) in [7, 11) is 0. The van der Waals surface area contributed by atoms with Crippen molar-refractivity contribution in [2.75, 3.05) is 44.2 Å². The van der Waals surface area contributed by atoms with Crippen LogP contribution in [0.4, 0.5) is 0 Å². The Labute approximate surface area is 95.2 Å². The largest absolute Gasteiger partial charge is 0.339 e. The van der Waals surface area contributed by atoms with E-state index < -0.39 is 0 Å². The first kappa shape index (κ1) is 11.2. The van der Waals surface area contributed by atoms with Gasteiger partial charge in [0.1, 0.15) is 0 Å². The molecular formula is C10H19N3OS.